The number of benzene rings is 1. The van der Waals surface area contributed by atoms with Crippen LogP contribution in [-0.4, -0.2) is 13.1 Å². The van der Waals surface area contributed by atoms with Gasteiger partial charge in [-0.05, 0) is 17.5 Å². The molecule has 0 spiro atoms. The number of ether oxygens (including phenoxy) is 1. The summed E-state index contributed by atoms with van der Waals surface area (Å²) in [6, 6.07) is 10.3. The van der Waals surface area contributed by atoms with Crippen molar-refractivity contribution in [3.05, 3.63) is 46.3 Å². The number of nitrogens with zero attached hydrogens (tertiary/aromatic N) is 4. The van der Waals surface area contributed by atoms with Crippen molar-refractivity contribution in [2.24, 2.45) is 11.0 Å². The molecule has 6 heteroatoms. The summed E-state index contributed by atoms with van der Waals surface area (Å²) in [6.45, 7) is 0. The summed E-state index contributed by atoms with van der Waals surface area (Å²) < 4.78 is 4.52. The molecule has 0 aromatic heterocycles. The molecule has 2 atom stereocenters. The van der Waals surface area contributed by atoms with Crippen molar-refractivity contribution >= 4 is 5.97 Å². The van der Waals surface area contributed by atoms with E-state index < -0.39 is 17.9 Å². The second-order valence-electron chi connectivity index (χ2n) is 3.57. The third kappa shape index (κ3) is 3.51. The van der Waals surface area contributed by atoms with Crippen LogP contribution in [0.2, 0.25) is 0 Å². The molecule has 0 fully saturated rings. The minimum atomic E-state index is -0.939. The van der Waals surface area contributed by atoms with Crippen LogP contribution in [0.25, 0.3) is 10.4 Å². The number of carbonyl (C=O) groups excluding carboxylic acids is 1. The number of rotatable bonds is 5. The van der Waals surface area contributed by atoms with Gasteiger partial charge < -0.3 is 4.74 Å². The van der Waals surface area contributed by atoms with Crippen molar-refractivity contribution in [1.82, 2.24) is 0 Å². The zero-order valence-electron chi connectivity index (χ0n) is 9.85. The van der Waals surface area contributed by atoms with Crippen LogP contribution in [0.5, 0.6) is 0 Å². The average molecular weight is 244 g/mol. The van der Waals surface area contributed by atoms with Gasteiger partial charge in [0.05, 0.1) is 19.2 Å². The number of nitriles is 1. The molecule has 92 valence electrons. The monoisotopic (exact) mass is 244 g/mol. The van der Waals surface area contributed by atoms with Crippen LogP contribution in [0, 0.1) is 17.2 Å². The van der Waals surface area contributed by atoms with Crippen molar-refractivity contribution in [3.63, 3.8) is 0 Å². The Morgan fingerprint density at radius 1 is 1.56 bits per heavy atom. The van der Waals surface area contributed by atoms with E-state index in [1.54, 1.807) is 24.3 Å². The fraction of sp³-hybridized carbons (Fsp3) is 0.333. The molecule has 1 aromatic rings. The topological polar surface area (TPSA) is 98.9 Å². The SMILES string of the molecule is COC(=O)C(C#N)C[C@@H](N=[N+]=[N-])c1ccccc1. The molecular formula is C12H12N4O2. The summed E-state index contributed by atoms with van der Waals surface area (Å²) >= 11 is 0. The summed E-state index contributed by atoms with van der Waals surface area (Å²) in [5.41, 5.74) is 9.30. The molecule has 0 saturated carbocycles. The number of hydrogen-bond donors (Lipinski definition) is 0. The summed E-state index contributed by atoms with van der Waals surface area (Å²) in [4.78, 5) is 14.1. The summed E-state index contributed by atoms with van der Waals surface area (Å²) in [7, 11) is 1.22. The van der Waals surface area contributed by atoms with Gasteiger partial charge >= 0.3 is 5.97 Å². The maximum Gasteiger partial charge on any atom is 0.323 e. The van der Waals surface area contributed by atoms with Gasteiger partial charge in [-0.3, -0.25) is 4.79 Å². The van der Waals surface area contributed by atoms with Crippen molar-refractivity contribution in [2.45, 2.75) is 12.5 Å². The molecule has 0 heterocycles. The Bertz CT molecular complexity index is 489. The zero-order chi connectivity index (χ0) is 13.4. The Kier molecular flexibility index (Phi) is 5.23. The molecule has 6 nitrogen and oxygen atoms in total. The molecule has 18 heavy (non-hydrogen) atoms. The van der Waals surface area contributed by atoms with Crippen LogP contribution in [-0.2, 0) is 9.53 Å². The predicted molar refractivity (Wildman–Crippen MR) is 64.1 cm³/mol. The zero-order valence-corrected chi connectivity index (χ0v) is 9.85. The highest BCUT2D eigenvalue weighted by Gasteiger charge is 2.23. The van der Waals surface area contributed by atoms with Crippen molar-refractivity contribution in [2.75, 3.05) is 7.11 Å². The fourth-order valence-corrected chi connectivity index (χ4v) is 1.55. The number of azide groups is 1. The summed E-state index contributed by atoms with van der Waals surface area (Å²) in [6.07, 6.45) is 0.108. The molecule has 0 saturated heterocycles. The van der Waals surface area contributed by atoms with E-state index in [9.17, 15) is 4.79 Å². The Hall–Kier alpha value is -2.51. The number of hydrogen-bond acceptors (Lipinski definition) is 4. The molecule has 1 rings (SSSR count). The van der Waals surface area contributed by atoms with Crippen LogP contribution < -0.4 is 0 Å². The van der Waals surface area contributed by atoms with E-state index in [1.807, 2.05) is 12.1 Å². The van der Waals surface area contributed by atoms with Gasteiger partial charge in [-0.1, -0.05) is 35.4 Å². The summed E-state index contributed by atoms with van der Waals surface area (Å²) in [5.74, 6) is -1.56. The quantitative estimate of drug-likeness (QED) is 0.344. The molecule has 0 aliphatic carbocycles. The van der Waals surface area contributed by atoms with E-state index in [0.717, 1.165) is 5.56 Å². The lowest BCUT2D eigenvalue weighted by Crippen LogP contribution is -2.16. The van der Waals surface area contributed by atoms with Gasteiger partial charge in [-0.25, -0.2) is 0 Å². The smallest absolute Gasteiger partial charge is 0.323 e. The lowest BCUT2D eigenvalue weighted by Gasteiger charge is -2.13. The normalized spacial score (nSPS) is 12.7. The largest absolute Gasteiger partial charge is 0.468 e. The Morgan fingerprint density at radius 3 is 2.72 bits per heavy atom. The third-order valence-electron chi connectivity index (χ3n) is 2.48. The summed E-state index contributed by atoms with van der Waals surface area (Å²) in [5, 5.41) is 12.5. The minimum Gasteiger partial charge on any atom is -0.468 e. The molecule has 0 aliphatic heterocycles. The molecule has 0 bridgehead atoms. The van der Waals surface area contributed by atoms with Gasteiger partial charge in [0.2, 0.25) is 0 Å². The lowest BCUT2D eigenvalue weighted by atomic mass is 9.96. The average Bonchev–Trinajstić information content (AvgIpc) is 2.43. The van der Waals surface area contributed by atoms with Crippen molar-refractivity contribution in [1.29, 1.82) is 5.26 Å². The maximum atomic E-state index is 11.3. The lowest BCUT2D eigenvalue weighted by molar-refractivity contribution is -0.143. The number of carbonyl (C=O) groups is 1. The first-order chi connectivity index (χ1) is 8.72. The third-order valence-corrected chi connectivity index (χ3v) is 2.48. The molecule has 0 aliphatic rings. The van der Waals surface area contributed by atoms with Crippen LogP contribution in [0.4, 0.5) is 0 Å². The van der Waals surface area contributed by atoms with Crippen LogP contribution in [0.15, 0.2) is 35.4 Å². The van der Waals surface area contributed by atoms with Crippen molar-refractivity contribution < 1.29 is 9.53 Å². The highest BCUT2D eigenvalue weighted by molar-refractivity contribution is 5.75. The van der Waals surface area contributed by atoms with Gasteiger partial charge in [0, 0.05) is 4.91 Å². The van der Waals surface area contributed by atoms with Gasteiger partial charge in [0.1, 0.15) is 5.92 Å². The highest BCUT2D eigenvalue weighted by atomic mass is 16.5. The van der Waals surface area contributed by atoms with Crippen LogP contribution in [0.1, 0.15) is 18.0 Å². The Labute approximate surface area is 104 Å². The number of esters is 1. The van der Waals surface area contributed by atoms with Crippen LogP contribution >= 0.6 is 0 Å². The standard InChI is InChI=1S/C12H12N4O2/c1-18-12(17)10(8-13)7-11(15-16-14)9-5-3-2-4-6-9/h2-6,10-11H,7H2,1H3/t10?,11-/m1/s1. The molecule has 0 radical (unpaired) electrons. The molecule has 1 unspecified atom stereocenters. The Balaban J connectivity index is 2.91. The predicted octanol–water partition coefficient (Wildman–Crippen LogP) is 2.74. The molecule has 0 amide bonds. The van der Waals surface area contributed by atoms with E-state index in [0.29, 0.717) is 0 Å². The highest BCUT2D eigenvalue weighted by Crippen LogP contribution is 2.25. The maximum absolute atomic E-state index is 11.3. The first-order valence-corrected chi connectivity index (χ1v) is 5.29. The van der Waals surface area contributed by atoms with Gasteiger partial charge in [-0.15, -0.1) is 0 Å². The Morgan fingerprint density at radius 2 is 2.22 bits per heavy atom. The second-order valence-corrected chi connectivity index (χ2v) is 3.57. The van der Waals surface area contributed by atoms with E-state index in [2.05, 4.69) is 14.8 Å². The van der Waals surface area contributed by atoms with E-state index in [4.69, 9.17) is 10.8 Å². The van der Waals surface area contributed by atoms with Gasteiger partial charge in [-0.2, -0.15) is 5.26 Å². The van der Waals surface area contributed by atoms with Crippen LogP contribution in [0.3, 0.4) is 0 Å². The van der Waals surface area contributed by atoms with Gasteiger partial charge in [0.15, 0.2) is 0 Å². The first-order valence-electron chi connectivity index (χ1n) is 5.29. The fourth-order valence-electron chi connectivity index (χ4n) is 1.55. The van der Waals surface area contributed by atoms with E-state index in [1.165, 1.54) is 7.11 Å². The van der Waals surface area contributed by atoms with Crippen molar-refractivity contribution in [3.8, 4) is 6.07 Å². The molecule has 0 N–H and O–H groups in total. The van der Waals surface area contributed by atoms with E-state index in [-0.39, 0.29) is 6.42 Å². The van der Waals surface area contributed by atoms with Gasteiger partial charge in [0.25, 0.3) is 0 Å². The molecule has 1 aromatic carbocycles. The van der Waals surface area contributed by atoms with E-state index >= 15 is 0 Å². The second kappa shape index (κ2) is 6.94. The molecular weight excluding hydrogens is 232 g/mol. The first kappa shape index (κ1) is 13.6. The number of methoxy groups -OCH3 is 1. The minimum absolute atomic E-state index is 0.108.